The summed E-state index contributed by atoms with van der Waals surface area (Å²) >= 11 is 0. The van der Waals surface area contributed by atoms with Crippen molar-refractivity contribution in [3.8, 4) is 0 Å². The predicted octanol–water partition coefficient (Wildman–Crippen LogP) is 1.50. The van der Waals surface area contributed by atoms with E-state index in [1.165, 1.54) is 32.1 Å². The van der Waals surface area contributed by atoms with Crippen LogP contribution in [0.5, 0.6) is 0 Å². The zero-order valence-electron chi connectivity index (χ0n) is 12.1. The van der Waals surface area contributed by atoms with Gasteiger partial charge in [0.05, 0.1) is 6.54 Å². The Hall–Kier alpha value is -0.610. The van der Waals surface area contributed by atoms with Crippen LogP contribution in [-0.4, -0.2) is 43.0 Å². The standard InChI is InChI=1S/C15H29N3O/c16-14-7-10-18(11-8-14)12-15(19)17-9-3-6-13-4-1-2-5-13/h13-14H,1-12,16H2,(H,17,19). The van der Waals surface area contributed by atoms with Crippen LogP contribution in [0, 0.1) is 5.92 Å². The SMILES string of the molecule is NC1CCN(CC(=O)NCCCC2CCCC2)CC1. The van der Waals surface area contributed by atoms with Crippen molar-refractivity contribution in [2.75, 3.05) is 26.2 Å². The van der Waals surface area contributed by atoms with Crippen LogP contribution in [0.25, 0.3) is 0 Å². The first-order chi connectivity index (χ1) is 9.24. The molecule has 0 aromatic carbocycles. The minimum Gasteiger partial charge on any atom is -0.355 e. The number of nitrogens with two attached hydrogens (primary N) is 1. The van der Waals surface area contributed by atoms with Gasteiger partial charge < -0.3 is 11.1 Å². The van der Waals surface area contributed by atoms with E-state index in [1.54, 1.807) is 0 Å². The van der Waals surface area contributed by atoms with Gasteiger partial charge in [0.15, 0.2) is 0 Å². The average Bonchev–Trinajstić information content (AvgIpc) is 2.91. The number of hydrogen-bond donors (Lipinski definition) is 2. The van der Waals surface area contributed by atoms with Crippen LogP contribution in [0.1, 0.15) is 51.4 Å². The summed E-state index contributed by atoms with van der Waals surface area (Å²) in [5.74, 6) is 1.11. The molecule has 0 bridgehead atoms. The molecule has 1 aliphatic carbocycles. The summed E-state index contributed by atoms with van der Waals surface area (Å²) in [6.07, 6.45) is 10.1. The van der Waals surface area contributed by atoms with Gasteiger partial charge >= 0.3 is 0 Å². The minimum atomic E-state index is 0.182. The Morgan fingerprint density at radius 1 is 1.16 bits per heavy atom. The van der Waals surface area contributed by atoms with Crippen LogP contribution in [0.3, 0.4) is 0 Å². The van der Waals surface area contributed by atoms with Gasteiger partial charge in [0, 0.05) is 25.7 Å². The highest BCUT2D eigenvalue weighted by atomic mass is 16.2. The molecule has 1 saturated heterocycles. The summed E-state index contributed by atoms with van der Waals surface area (Å²) in [5, 5.41) is 3.05. The number of carbonyl (C=O) groups excluding carboxylic acids is 1. The second-order valence-electron chi connectivity index (χ2n) is 6.26. The molecule has 1 saturated carbocycles. The molecular weight excluding hydrogens is 238 g/mol. The number of nitrogens with zero attached hydrogens (tertiary/aromatic N) is 1. The Balaban J connectivity index is 1.49. The average molecular weight is 267 g/mol. The third-order valence-electron chi connectivity index (χ3n) is 4.59. The van der Waals surface area contributed by atoms with E-state index in [1.807, 2.05) is 0 Å². The maximum Gasteiger partial charge on any atom is 0.234 e. The molecule has 19 heavy (non-hydrogen) atoms. The Labute approximate surface area is 117 Å². The van der Waals surface area contributed by atoms with Gasteiger partial charge in [-0.2, -0.15) is 0 Å². The monoisotopic (exact) mass is 267 g/mol. The minimum absolute atomic E-state index is 0.182. The summed E-state index contributed by atoms with van der Waals surface area (Å²) in [6, 6.07) is 0.339. The molecule has 2 aliphatic rings. The maximum atomic E-state index is 11.8. The zero-order valence-corrected chi connectivity index (χ0v) is 12.1. The number of piperidine rings is 1. The van der Waals surface area contributed by atoms with Gasteiger partial charge in [-0.3, -0.25) is 9.69 Å². The molecule has 1 aliphatic heterocycles. The summed E-state index contributed by atoms with van der Waals surface area (Å²) in [5.41, 5.74) is 5.86. The van der Waals surface area contributed by atoms with E-state index in [4.69, 9.17) is 5.73 Å². The van der Waals surface area contributed by atoms with Gasteiger partial charge in [-0.25, -0.2) is 0 Å². The van der Waals surface area contributed by atoms with Crippen molar-refractivity contribution < 1.29 is 4.79 Å². The van der Waals surface area contributed by atoms with Gasteiger partial charge in [0.25, 0.3) is 0 Å². The van der Waals surface area contributed by atoms with Crippen LogP contribution >= 0.6 is 0 Å². The van der Waals surface area contributed by atoms with Crippen molar-refractivity contribution in [3.05, 3.63) is 0 Å². The van der Waals surface area contributed by atoms with E-state index >= 15 is 0 Å². The van der Waals surface area contributed by atoms with Crippen molar-refractivity contribution in [2.45, 2.75) is 57.4 Å². The molecule has 0 atom stereocenters. The largest absolute Gasteiger partial charge is 0.355 e. The molecule has 0 aromatic heterocycles. The Morgan fingerprint density at radius 2 is 1.84 bits per heavy atom. The first kappa shape index (κ1) is 14.8. The molecule has 1 heterocycles. The maximum absolute atomic E-state index is 11.8. The Bertz CT molecular complexity index is 269. The van der Waals surface area contributed by atoms with Crippen molar-refractivity contribution in [3.63, 3.8) is 0 Å². The molecule has 110 valence electrons. The lowest BCUT2D eigenvalue weighted by Gasteiger charge is -2.29. The molecule has 4 nitrogen and oxygen atoms in total. The van der Waals surface area contributed by atoms with Crippen molar-refractivity contribution in [2.24, 2.45) is 11.7 Å². The second kappa shape index (κ2) is 7.85. The van der Waals surface area contributed by atoms with Crippen LogP contribution in [-0.2, 0) is 4.79 Å². The van der Waals surface area contributed by atoms with Gasteiger partial charge in [0.2, 0.25) is 5.91 Å². The van der Waals surface area contributed by atoms with E-state index in [9.17, 15) is 4.79 Å². The van der Waals surface area contributed by atoms with Gasteiger partial charge in [-0.1, -0.05) is 25.7 Å². The van der Waals surface area contributed by atoms with Crippen molar-refractivity contribution in [1.29, 1.82) is 0 Å². The van der Waals surface area contributed by atoms with E-state index in [0.29, 0.717) is 12.6 Å². The van der Waals surface area contributed by atoms with Crippen molar-refractivity contribution in [1.82, 2.24) is 10.2 Å². The lowest BCUT2D eigenvalue weighted by atomic mass is 10.0. The smallest absolute Gasteiger partial charge is 0.234 e. The fraction of sp³-hybridized carbons (Fsp3) is 0.933. The number of rotatable bonds is 6. The number of carbonyl (C=O) groups is 1. The highest BCUT2D eigenvalue weighted by Gasteiger charge is 2.18. The molecule has 1 amide bonds. The highest BCUT2D eigenvalue weighted by Crippen LogP contribution is 2.28. The highest BCUT2D eigenvalue weighted by molar-refractivity contribution is 5.77. The summed E-state index contributed by atoms with van der Waals surface area (Å²) in [6.45, 7) is 3.34. The van der Waals surface area contributed by atoms with Crippen LogP contribution in [0.2, 0.25) is 0 Å². The predicted molar refractivity (Wildman–Crippen MR) is 77.9 cm³/mol. The first-order valence-electron chi connectivity index (χ1n) is 7.98. The first-order valence-corrected chi connectivity index (χ1v) is 7.98. The molecule has 0 aromatic rings. The third-order valence-corrected chi connectivity index (χ3v) is 4.59. The molecule has 0 radical (unpaired) electrons. The Morgan fingerprint density at radius 3 is 2.53 bits per heavy atom. The van der Waals surface area contributed by atoms with E-state index in [-0.39, 0.29) is 5.91 Å². The molecule has 2 fully saturated rings. The number of amides is 1. The number of likely N-dealkylation sites (tertiary alicyclic amines) is 1. The molecule has 2 rings (SSSR count). The summed E-state index contributed by atoms with van der Waals surface area (Å²) in [4.78, 5) is 14.0. The van der Waals surface area contributed by atoms with E-state index < -0.39 is 0 Å². The summed E-state index contributed by atoms with van der Waals surface area (Å²) < 4.78 is 0. The van der Waals surface area contributed by atoms with Gasteiger partial charge in [-0.15, -0.1) is 0 Å². The lowest BCUT2D eigenvalue weighted by Crippen LogP contribution is -2.44. The topological polar surface area (TPSA) is 58.4 Å². The number of hydrogen-bond acceptors (Lipinski definition) is 3. The van der Waals surface area contributed by atoms with Crippen LogP contribution < -0.4 is 11.1 Å². The quantitative estimate of drug-likeness (QED) is 0.717. The normalized spacial score (nSPS) is 22.8. The van der Waals surface area contributed by atoms with E-state index in [0.717, 1.165) is 44.8 Å². The number of nitrogens with one attached hydrogen (secondary N) is 1. The van der Waals surface area contributed by atoms with Gasteiger partial charge in [-0.05, 0) is 31.6 Å². The van der Waals surface area contributed by atoms with Gasteiger partial charge in [0.1, 0.15) is 0 Å². The van der Waals surface area contributed by atoms with E-state index in [2.05, 4.69) is 10.2 Å². The second-order valence-corrected chi connectivity index (χ2v) is 6.26. The fourth-order valence-electron chi connectivity index (χ4n) is 3.29. The lowest BCUT2D eigenvalue weighted by molar-refractivity contribution is -0.122. The van der Waals surface area contributed by atoms with Crippen LogP contribution in [0.4, 0.5) is 0 Å². The van der Waals surface area contributed by atoms with Crippen LogP contribution in [0.15, 0.2) is 0 Å². The molecule has 4 heteroatoms. The summed E-state index contributed by atoms with van der Waals surface area (Å²) in [7, 11) is 0. The molecule has 0 spiro atoms. The molecule has 0 unspecified atom stereocenters. The third kappa shape index (κ3) is 5.49. The zero-order chi connectivity index (χ0) is 13.5. The Kier molecular flexibility index (Phi) is 6.11. The molecular formula is C15H29N3O. The molecule has 3 N–H and O–H groups in total. The fourth-order valence-corrected chi connectivity index (χ4v) is 3.29. The van der Waals surface area contributed by atoms with Crippen molar-refractivity contribution >= 4 is 5.91 Å².